The van der Waals surface area contributed by atoms with Gasteiger partial charge >= 0.3 is 5.97 Å². The Bertz CT molecular complexity index is 1050. The molecule has 0 aliphatic heterocycles. The third kappa shape index (κ3) is 4.87. The summed E-state index contributed by atoms with van der Waals surface area (Å²) in [4.78, 5) is 10.9. The number of rotatable bonds is 6. The van der Waals surface area contributed by atoms with Gasteiger partial charge in [-0.05, 0) is 47.5 Å². The molecule has 4 nitrogen and oxygen atoms in total. The van der Waals surface area contributed by atoms with E-state index in [0.717, 1.165) is 21.2 Å². The Hall–Kier alpha value is -3.36. The predicted octanol–water partition coefficient (Wildman–Crippen LogP) is 5.79. The van der Waals surface area contributed by atoms with E-state index in [1.54, 1.807) is 30.3 Å². The smallest absolute Gasteiger partial charge is 0.335 e. The lowest BCUT2D eigenvalue weighted by molar-refractivity contribution is 0.0697. The number of carboxylic acids is 1. The van der Waals surface area contributed by atoms with Crippen LogP contribution >= 0.6 is 15.9 Å². The van der Waals surface area contributed by atoms with Crippen LogP contribution in [0.5, 0.6) is 5.75 Å². The molecule has 3 aromatic rings. The van der Waals surface area contributed by atoms with Crippen molar-refractivity contribution in [2.75, 3.05) is 0 Å². The number of ether oxygens (including phenoxy) is 1. The third-order valence-corrected chi connectivity index (χ3v) is 4.57. The summed E-state index contributed by atoms with van der Waals surface area (Å²) in [5.74, 6) is -0.327. The molecule has 1 N–H and O–H groups in total. The number of benzene rings is 3. The minimum Gasteiger partial charge on any atom is -0.488 e. The Morgan fingerprint density at radius 1 is 1.04 bits per heavy atom. The summed E-state index contributed by atoms with van der Waals surface area (Å²) >= 11 is 3.46. The van der Waals surface area contributed by atoms with Crippen molar-refractivity contribution in [3.63, 3.8) is 0 Å². The summed E-state index contributed by atoms with van der Waals surface area (Å²) in [5, 5.41) is 18.5. The van der Waals surface area contributed by atoms with Crippen LogP contribution in [-0.4, -0.2) is 11.1 Å². The summed E-state index contributed by atoms with van der Waals surface area (Å²) in [6.07, 6.45) is 1.79. The van der Waals surface area contributed by atoms with Gasteiger partial charge in [0.2, 0.25) is 0 Å². The van der Waals surface area contributed by atoms with Crippen molar-refractivity contribution < 1.29 is 14.6 Å². The number of nitrogens with zero attached hydrogens (tertiary/aromatic N) is 1. The molecule has 0 aliphatic rings. The number of hydrogen-bond donors (Lipinski definition) is 1. The molecule has 0 amide bonds. The van der Waals surface area contributed by atoms with Gasteiger partial charge in [-0.3, -0.25) is 0 Å². The van der Waals surface area contributed by atoms with Crippen LogP contribution in [0.15, 0.2) is 77.3 Å². The van der Waals surface area contributed by atoms with Crippen LogP contribution in [0.1, 0.15) is 27.0 Å². The first-order valence-electron chi connectivity index (χ1n) is 8.48. The van der Waals surface area contributed by atoms with Gasteiger partial charge in [-0.1, -0.05) is 58.4 Å². The first kappa shape index (κ1) is 19.4. The minimum atomic E-state index is -0.960. The van der Waals surface area contributed by atoms with E-state index in [1.807, 2.05) is 48.5 Å². The molecule has 0 radical (unpaired) electrons. The van der Waals surface area contributed by atoms with E-state index in [9.17, 15) is 10.1 Å². The first-order chi connectivity index (χ1) is 13.6. The molecular weight excluding hydrogens is 418 g/mol. The van der Waals surface area contributed by atoms with E-state index >= 15 is 0 Å². The molecule has 3 aromatic carbocycles. The van der Waals surface area contributed by atoms with E-state index in [1.165, 1.54) is 0 Å². The molecule has 0 heterocycles. The maximum atomic E-state index is 10.9. The van der Waals surface area contributed by atoms with Crippen molar-refractivity contribution in [1.29, 1.82) is 5.26 Å². The van der Waals surface area contributed by atoms with E-state index in [-0.39, 0.29) is 12.2 Å². The zero-order valence-corrected chi connectivity index (χ0v) is 16.4. The molecule has 138 valence electrons. The maximum absolute atomic E-state index is 10.9. The fourth-order valence-corrected chi connectivity index (χ4v) is 3.00. The van der Waals surface area contributed by atoms with Crippen LogP contribution in [-0.2, 0) is 6.61 Å². The third-order valence-electron chi connectivity index (χ3n) is 4.07. The number of hydrogen-bond acceptors (Lipinski definition) is 3. The van der Waals surface area contributed by atoms with Gasteiger partial charge < -0.3 is 9.84 Å². The highest BCUT2D eigenvalue weighted by Gasteiger charge is 2.08. The fourth-order valence-electron chi connectivity index (χ4n) is 2.62. The summed E-state index contributed by atoms with van der Waals surface area (Å²) in [5.41, 5.74) is 3.23. The van der Waals surface area contributed by atoms with Crippen molar-refractivity contribution in [2.24, 2.45) is 0 Å². The molecule has 0 spiro atoms. The minimum absolute atomic E-state index is 0.234. The molecule has 28 heavy (non-hydrogen) atoms. The summed E-state index contributed by atoms with van der Waals surface area (Å²) < 4.78 is 6.81. The first-order valence-corrected chi connectivity index (χ1v) is 9.28. The Kier molecular flexibility index (Phi) is 6.25. The topological polar surface area (TPSA) is 70.3 Å². The average Bonchev–Trinajstić information content (AvgIpc) is 2.72. The van der Waals surface area contributed by atoms with Gasteiger partial charge in [0.1, 0.15) is 12.4 Å². The zero-order chi connectivity index (χ0) is 19.9. The van der Waals surface area contributed by atoms with E-state index in [4.69, 9.17) is 9.84 Å². The molecule has 3 rings (SSSR count). The summed E-state index contributed by atoms with van der Waals surface area (Å²) in [6, 6.07) is 23.8. The van der Waals surface area contributed by atoms with Crippen LogP contribution in [0.4, 0.5) is 0 Å². The van der Waals surface area contributed by atoms with Crippen molar-refractivity contribution >= 4 is 33.5 Å². The highest BCUT2D eigenvalue weighted by molar-refractivity contribution is 9.10. The number of aromatic carboxylic acids is 1. The monoisotopic (exact) mass is 433 g/mol. The Morgan fingerprint density at radius 3 is 2.39 bits per heavy atom. The molecule has 0 aliphatic carbocycles. The van der Waals surface area contributed by atoms with Crippen molar-refractivity contribution in [2.45, 2.75) is 6.61 Å². The fraction of sp³-hybridized carbons (Fsp3) is 0.0435. The highest BCUT2D eigenvalue weighted by atomic mass is 79.9. The van der Waals surface area contributed by atoms with Gasteiger partial charge in [0.05, 0.1) is 17.2 Å². The number of halogens is 1. The molecule has 0 aromatic heterocycles. The lowest BCUT2D eigenvalue weighted by Gasteiger charge is -2.11. The summed E-state index contributed by atoms with van der Waals surface area (Å²) in [6.45, 7) is 0.287. The average molecular weight is 434 g/mol. The Labute approximate surface area is 171 Å². The van der Waals surface area contributed by atoms with Crippen molar-refractivity contribution in [3.8, 4) is 11.8 Å². The van der Waals surface area contributed by atoms with E-state index in [0.29, 0.717) is 11.3 Å². The molecular formula is C23H16BrNO3. The lowest BCUT2D eigenvalue weighted by Crippen LogP contribution is -2.00. The Balaban J connectivity index is 1.85. The van der Waals surface area contributed by atoms with Gasteiger partial charge in [-0.25, -0.2) is 4.79 Å². The van der Waals surface area contributed by atoms with Crippen molar-refractivity contribution in [1.82, 2.24) is 0 Å². The van der Waals surface area contributed by atoms with E-state index < -0.39 is 5.97 Å². The van der Waals surface area contributed by atoms with Crippen LogP contribution in [0.25, 0.3) is 11.6 Å². The SMILES string of the molecule is N#C/C(=C\c1cc(Br)ccc1OCc1ccc(C(=O)O)cc1)c1ccccc1. The van der Waals surface area contributed by atoms with Crippen LogP contribution < -0.4 is 4.74 Å². The molecule has 5 heteroatoms. The van der Waals surface area contributed by atoms with Gasteiger partial charge in [-0.15, -0.1) is 0 Å². The van der Waals surface area contributed by atoms with E-state index in [2.05, 4.69) is 22.0 Å². The second-order valence-corrected chi connectivity index (χ2v) is 6.92. The number of nitriles is 1. The zero-order valence-electron chi connectivity index (χ0n) is 14.8. The molecule has 0 unspecified atom stereocenters. The van der Waals surface area contributed by atoms with Crippen molar-refractivity contribution in [3.05, 3.63) is 99.5 Å². The highest BCUT2D eigenvalue weighted by Crippen LogP contribution is 2.28. The molecule has 0 saturated heterocycles. The number of carbonyl (C=O) groups is 1. The Morgan fingerprint density at radius 2 is 1.75 bits per heavy atom. The van der Waals surface area contributed by atoms with Gasteiger partial charge in [0.25, 0.3) is 0 Å². The van der Waals surface area contributed by atoms with Crippen LogP contribution in [0.2, 0.25) is 0 Å². The standard InChI is InChI=1S/C23H16BrNO3/c24-21-10-11-22(28-15-16-6-8-18(9-7-16)23(26)27)19(13-21)12-20(14-25)17-4-2-1-3-5-17/h1-13H,15H2,(H,26,27)/b20-12+. The molecule has 0 fully saturated rings. The predicted molar refractivity (Wildman–Crippen MR) is 112 cm³/mol. The maximum Gasteiger partial charge on any atom is 0.335 e. The van der Waals surface area contributed by atoms with Gasteiger partial charge in [0.15, 0.2) is 0 Å². The van der Waals surface area contributed by atoms with Gasteiger partial charge in [-0.2, -0.15) is 5.26 Å². The number of carboxylic acid groups (broad SMARTS) is 1. The number of allylic oxidation sites excluding steroid dienone is 1. The molecule has 0 saturated carbocycles. The van der Waals surface area contributed by atoms with Crippen LogP contribution in [0.3, 0.4) is 0 Å². The normalized spacial score (nSPS) is 10.9. The second kappa shape index (κ2) is 9.03. The molecule has 0 bridgehead atoms. The summed E-state index contributed by atoms with van der Waals surface area (Å²) in [7, 11) is 0. The quantitative estimate of drug-likeness (QED) is 0.394. The van der Waals surface area contributed by atoms with Crippen LogP contribution in [0, 0.1) is 11.3 Å². The lowest BCUT2D eigenvalue weighted by atomic mass is 10.0. The second-order valence-electron chi connectivity index (χ2n) is 6.01. The molecule has 0 atom stereocenters. The van der Waals surface area contributed by atoms with Gasteiger partial charge in [0, 0.05) is 10.0 Å². The largest absolute Gasteiger partial charge is 0.488 e.